The lowest BCUT2D eigenvalue weighted by Crippen LogP contribution is -2.20. The van der Waals surface area contributed by atoms with E-state index in [1.54, 1.807) is 7.11 Å². The van der Waals surface area contributed by atoms with Crippen LogP contribution in [0.15, 0.2) is 23.3 Å². The van der Waals surface area contributed by atoms with E-state index >= 15 is 0 Å². The monoisotopic (exact) mass is 250 g/mol. The van der Waals surface area contributed by atoms with Gasteiger partial charge in [-0.15, -0.1) is 0 Å². The molecule has 100 valence electrons. The second-order valence-electron chi connectivity index (χ2n) is 5.18. The Balaban J connectivity index is 2.20. The number of carbonyl (C=O) groups excluding carboxylic acids is 1. The van der Waals surface area contributed by atoms with Gasteiger partial charge in [-0.2, -0.15) is 0 Å². The van der Waals surface area contributed by atoms with Crippen LogP contribution >= 0.6 is 0 Å². The van der Waals surface area contributed by atoms with Gasteiger partial charge in [-0.05, 0) is 43.8 Å². The molecule has 0 radical (unpaired) electrons. The minimum atomic E-state index is -0.0534. The third-order valence-electron chi connectivity index (χ3n) is 4.30. The van der Waals surface area contributed by atoms with E-state index in [0.29, 0.717) is 6.61 Å². The average Bonchev–Trinajstić information content (AvgIpc) is 3.10. The fourth-order valence-electron chi connectivity index (χ4n) is 3.38. The summed E-state index contributed by atoms with van der Waals surface area (Å²) in [5.74, 6) is 0.0160. The summed E-state index contributed by atoms with van der Waals surface area (Å²) in [7, 11) is 3.19. The number of methoxy groups -OCH3 is 2. The number of hydrogen-bond donors (Lipinski definition) is 0. The number of hydrogen-bond acceptors (Lipinski definition) is 3. The highest BCUT2D eigenvalue weighted by Gasteiger charge is 2.61. The first kappa shape index (κ1) is 13.3. The molecule has 0 N–H and O–H groups in total. The third kappa shape index (κ3) is 2.12. The van der Waals surface area contributed by atoms with Crippen molar-refractivity contribution in [2.45, 2.75) is 32.6 Å². The van der Waals surface area contributed by atoms with Gasteiger partial charge in [0.05, 0.1) is 19.6 Å². The molecule has 2 saturated carbocycles. The molecular formula is C15H22O3. The Morgan fingerprint density at radius 3 is 2.89 bits per heavy atom. The maximum absolute atomic E-state index is 11.7. The Labute approximate surface area is 109 Å². The van der Waals surface area contributed by atoms with Gasteiger partial charge in [-0.25, -0.2) is 0 Å². The van der Waals surface area contributed by atoms with Crippen molar-refractivity contribution < 1.29 is 14.3 Å². The molecule has 0 amide bonds. The Bertz CT molecular complexity index is 395. The first-order chi connectivity index (χ1) is 8.69. The lowest BCUT2D eigenvalue weighted by molar-refractivity contribution is -0.143. The van der Waals surface area contributed by atoms with Crippen LogP contribution in [0.5, 0.6) is 0 Å². The number of esters is 1. The van der Waals surface area contributed by atoms with E-state index in [1.165, 1.54) is 18.3 Å². The van der Waals surface area contributed by atoms with Gasteiger partial charge in [0.15, 0.2) is 0 Å². The molecule has 18 heavy (non-hydrogen) atoms. The molecule has 3 nitrogen and oxygen atoms in total. The summed E-state index contributed by atoms with van der Waals surface area (Å²) in [5.41, 5.74) is 2.78. The minimum Gasteiger partial charge on any atom is -0.469 e. The predicted molar refractivity (Wildman–Crippen MR) is 70.1 cm³/mol. The van der Waals surface area contributed by atoms with Crippen molar-refractivity contribution in [3.63, 3.8) is 0 Å². The SMILES string of the molecule is C/C=C1\C(=C/COC)CCCC12CC2C(=O)OC. The lowest BCUT2D eigenvalue weighted by atomic mass is 9.76. The van der Waals surface area contributed by atoms with Crippen molar-refractivity contribution in [3.8, 4) is 0 Å². The highest BCUT2D eigenvalue weighted by molar-refractivity contribution is 5.79. The normalized spacial score (nSPS) is 35.2. The van der Waals surface area contributed by atoms with E-state index in [2.05, 4.69) is 19.1 Å². The maximum Gasteiger partial charge on any atom is 0.309 e. The van der Waals surface area contributed by atoms with Gasteiger partial charge < -0.3 is 9.47 Å². The molecule has 2 fully saturated rings. The first-order valence-electron chi connectivity index (χ1n) is 6.62. The lowest BCUT2D eigenvalue weighted by Gasteiger charge is -2.29. The summed E-state index contributed by atoms with van der Waals surface area (Å²) >= 11 is 0. The van der Waals surface area contributed by atoms with Crippen molar-refractivity contribution in [2.75, 3.05) is 20.8 Å². The number of rotatable bonds is 3. The fourth-order valence-corrected chi connectivity index (χ4v) is 3.38. The van der Waals surface area contributed by atoms with Gasteiger partial charge >= 0.3 is 5.97 Å². The van der Waals surface area contributed by atoms with Crippen LogP contribution in [-0.2, 0) is 14.3 Å². The molecule has 2 unspecified atom stereocenters. The topological polar surface area (TPSA) is 35.5 Å². The number of carbonyl (C=O) groups is 1. The van der Waals surface area contributed by atoms with Crippen LogP contribution in [0.4, 0.5) is 0 Å². The third-order valence-corrected chi connectivity index (χ3v) is 4.30. The maximum atomic E-state index is 11.7. The zero-order chi connectivity index (χ0) is 13.2. The van der Waals surface area contributed by atoms with E-state index in [4.69, 9.17) is 9.47 Å². The molecule has 0 aliphatic heterocycles. The van der Waals surface area contributed by atoms with Crippen LogP contribution in [0.2, 0.25) is 0 Å². The fraction of sp³-hybridized carbons (Fsp3) is 0.667. The van der Waals surface area contributed by atoms with Crippen molar-refractivity contribution in [2.24, 2.45) is 11.3 Å². The summed E-state index contributed by atoms with van der Waals surface area (Å²) in [6.07, 6.45) is 8.63. The van der Waals surface area contributed by atoms with E-state index in [-0.39, 0.29) is 17.3 Å². The van der Waals surface area contributed by atoms with Gasteiger partial charge in [0.2, 0.25) is 0 Å². The molecule has 0 bridgehead atoms. The molecule has 0 saturated heterocycles. The van der Waals surface area contributed by atoms with Crippen LogP contribution < -0.4 is 0 Å². The smallest absolute Gasteiger partial charge is 0.309 e. The summed E-state index contributed by atoms with van der Waals surface area (Å²) in [6, 6.07) is 0. The van der Waals surface area contributed by atoms with Gasteiger partial charge in [-0.3, -0.25) is 4.79 Å². The van der Waals surface area contributed by atoms with Crippen LogP contribution in [0, 0.1) is 11.3 Å². The Kier molecular flexibility index (Phi) is 3.91. The van der Waals surface area contributed by atoms with Gasteiger partial charge in [-0.1, -0.05) is 12.2 Å². The zero-order valence-electron chi connectivity index (χ0n) is 11.5. The molecule has 0 aromatic rings. The van der Waals surface area contributed by atoms with Crippen LogP contribution in [0.3, 0.4) is 0 Å². The molecule has 2 atom stereocenters. The predicted octanol–water partition coefficient (Wildman–Crippen LogP) is 2.87. The van der Waals surface area contributed by atoms with Gasteiger partial charge in [0, 0.05) is 12.5 Å². The summed E-state index contributed by atoms with van der Waals surface area (Å²) in [4.78, 5) is 11.7. The second kappa shape index (κ2) is 5.27. The second-order valence-corrected chi connectivity index (χ2v) is 5.18. The van der Waals surface area contributed by atoms with Crippen molar-refractivity contribution in [1.29, 1.82) is 0 Å². The molecule has 3 heteroatoms. The van der Waals surface area contributed by atoms with Crippen molar-refractivity contribution in [1.82, 2.24) is 0 Å². The van der Waals surface area contributed by atoms with Crippen LogP contribution in [0.1, 0.15) is 32.6 Å². The Hall–Kier alpha value is -1.09. The molecule has 0 heterocycles. The highest BCUT2D eigenvalue weighted by Crippen LogP contribution is 2.65. The van der Waals surface area contributed by atoms with Gasteiger partial charge in [0.1, 0.15) is 0 Å². The Morgan fingerprint density at radius 2 is 2.28 bits per heavy atom. The number of allylic oxidation sites excluding steroid dienone is 3. The van der Waals surface area contributed by atoms with Crippen LogP contribution in [-0.4, -0.2) is 26.8 Å². The molecule has 2 aliphatic rings. The molecular weight excluding hydrogens is 228 g/mol. The van der Waals surface area contributed by atoms with Gasteiger partial charge in [0.25, 0.3) is 0 Å². The standard InChI is InChI=1S/C15H22O3/c1-4-12-11(7-9-17-2)6-5-8-15(12)10-13(15)14(16)18-3/h4,7,13H,5-6,8-10H2,1-3H3/b11-7-,12-4+. The van der Waals surface area contributed by atoms with Crippen molar-refractivity contribution in [3.05, 3.63) is 23.3 Å². The molecule has 0 aromatic carbocycles. The first-order valence-corrected chi connectivity index (χ1v) is 6.62. The largest absolute Gasteiger partial charge is 0.469 e. The van der Waals surface area contributed by atoms with Crippen LogP contribution in [0.25, 0.3) is 0 Å². The summed E-state index contributed by atoms with van der Waals surface area (Å²) in [5, 5.41) is 0. The molecule has 0 aromatic heterocycles. The molecule has 2 rings (SSSR count). The summed E-state index contributed by atoms with van der Waals surface area (Å²) in [6.45, 7) is 2.71. The van der Waals surface area contributed by atoms with Crippen molar-refractivity contribution >= 4 is 5.97 Å². The Morgan fingerprint density at radius 1 is 1.50 bits per heavy atom. The van der Waals surface area contributed by atoms with E-state index < -0.39 is 0 Å². The minimum absolute atomic E-state index is 0.0534. The average molecular weight is 250 g/mol. The summed E-state index contributed by atoms with van der Waals surface area (Å²) < 4.78 is 10.0. The van der Waals surface area contributed by atoms with E-state index in [0.717, 1.165) is 25.7 Å². The molecule has 1 spiro atoms. The van der Waals surface area contributed by atoms with E-state index in [9.17, 15) is 4.79 Å². The quantitative estimate of drug-likeness (QED) is 0.722. The highest BCUT2D eigenvalue weighted by atomic mass is 16.5. The number of ether oxygens (including phenoxy) is 2. The molecule has 2 aliphatic carbocycles. The van der Waals surface area contributed by atoms with E-state index in [1.807, 2.05) is 0 Å². The zero-order valence-corrected chi connectivity index (χ0v) is 11.5.